The second kappa shape index (κ2) is 34.2. The zero-order valence-corrected chi connectivity index (χ0v) is 53.0. The molecule has 0 unspecified atom stereocenters. The Morgan fingerprint density at radius 2 is 0.701 bits per heavy atom. The van der Waals surface area contributed by atoms with Crippen molar-refractivity contribution in [3.05, 3.63) is 210 Å². The van der Waals surface area contributed by atoms with Gasteiger partial charge in [-0.3, -0.25) is 30.0 Å². The number of benzene rings is 4. The fourth-order valence-corrected chi connectivity index (χ4v) is 11.6. The Morgan fingerprint density at radius 3 is 0.977 bits per heavy atom. The molecule has 8 rings (SSSR count). The quantitative estimate of drug-likeness (QED) is 0.0323. The van der Waals surface area contributed by atoms with Crippen molar-refractivity contribution in [1.82, 2.24) is 0 Å². The Bertz CT molecular complexity index is 3390. The number of rotatable bonds is 18. The fourth-order valence-electron chi connectivity index (χ4n) is 11.6. The summed E-state index contributed by atoms with van der Waals surface area (Å²) in [6.07, 6.45) is 30.7. The van der Waals surface area contributed by atoms with Gasteiger partial charge >= 0.3 is 0 Å². The summed E-state index contributed by atoms with van der Waals surface area (Å²) in [6, 6.07) is 31.5. The van der Waals surface area contributed by atoms with Gasteiger partial charge in [0.1, 0.15) is 11.6 Å². The highest BCUT2D eigenvalue weighted by atomic mass is 16.1. The van der Waals surface area contributed by atoms with E-state index >= 15 is 0 Å². The molecule has 0 spiro atoms. The van der Waals surface area contributed by atoms with Gasteiger partial charge in [-0.2, -0.15) is 0 Å². The lowest BCUT2D eigenvalue weighted by Crippen LogP contribution is -2.16. The highest BCUT2D eigenvalue weighted by molar-refractivity contribution is 6.09. The molecule has 4 aromatic carbocycles. The first kappa shape index (κ1) is 71.2. The highest BCUT2D eigenvalue weighted by Crippen LogP contribution is 2.39. The van der Waals surface area contributed by atoms with E-state index < -0.39 is 0 Å². The van der Waals surface area contributed by atoms with E-state index in [9.17, 15) is 19.2 Å². The van der Waals surface area contributed by atoms with Crippen LogP contribution in [0.25, 0.3) is 24.3 Å². The Balaban J connectivity index is 0.000000248. The maximum Gasteiger partial charge on any atom is 0.168 e. The van der Waals surface area contributed by atoms with Crippen molar-refractivity contribution in [2.24, 2.45) is 22.3 Å². The molecule has 8 N–H and O–H groups in total. The number of carbonyl (C=O) groups excluding carboxylic acids is 4. The maximum atomic E-state index is 11.9. The number of allylic oxidation sites excluding steroid dienone is 12. The van der Waals surface area contributed by atoms with Gasteiger partial charge in [0.05, 0.1) is 24.5 Å². The average molecular weight is 1170 g/mol. The minimum absolute atomic E-state index is 0. The third-order valence-corrected chi connectivity index (χ3v) is 14.9. The molecule has 4 aliphatic rings. The van der Waals surface area contributed by atoms with Gasteiger partial charge in [0.25, 0.3) is 0 Å². The van der Waals surface area contributed by atoms with E-state index in [4.69, 9.17) is 33.1 Å². The summed E-state index contributed by atoms with van der Waals surface area (Å²) in [7, 11) is 0. The van der Waals surface area contributed by atoms with Crippen molar-refractivity contribution >= 4 is 70.5 Å². The average Bonchev–Trinajstić information content (AvgIpc) is 2.71. The van der Waals surface area contributed by atoms with Crippen LogP contribution in [0.4, 0.5) is 0 Å². The van der Waals surface area contributed by atoms with E-state index in [2.05, 4.69) is 104 Å². The van der Waals surface area contributed by atoms with Crippen LogP contribution in [0.1, 0.15) is 221 Å². The van der Waals surface area contributed by atoms with Crippen LogP contribution in [0.3, 0.4) is 0 Å². The van der Waals surface area contributed by atoms with Crippen molar-refractivity contribution in [2.75, 3.05) is 0 Å². The predicted octanol–water partition coefficient (Wildman–Crippen LogP) is 18.8. The molecule has 87 heavy (non-hydrogen) atoms. The molecule has 0 saturated heterocycles. The molecule has 0 heterocycles. The normalized spacial score (nSPS) is 17.6. The maximum absolute atomic E-state index is 11.9. The van der Waals surface area contributed by atoms with Crippen molar-refractivity contribution in [1.29, 1.82) is 21.6 Å². The van der Waals surface area contributed by atoms with Gasteiger partial charge in [-0.1, -0.05) is 203 Å². The molecule has 460 valence electrons. The summed E-state index contributed by atoms with van der Waals surface area (Å²) < 4.78 is 0. The molecule has 0 radical (unpaired) electrons. The van der Waals surface area contributed by atoms with E-state index in [0.29, 0.717) is 46.2 Å². The van der Waals surface area contributed by atoms with Crippen LogP contribution >= 0.6 is 0 Å². The fraction of sp³-hybridized carbons (Fsp3) is 0.377. The van der Waals surface area contributed by atoms with Crippen LogP contribution in [-0.4, -0.2) is 46.2 Å². The predicted molar refractivity (Wildman–Crippen MR) is 368 cm³/mol. The molecule has 4 aliphatic carbocycles. The first-order valence-corrected chi connectivity index (χ1v) is 30.3. The summed E-state index contributed by atoms with van der Waals surface area (Å²) in [5, 5.41) is 29.1. The summed E-state index contributed by atoms with van der Waals surface area (Å²) in [5.41, 5.74) is 31.0. The number of hydrogen-bond donors (Lipinski definition) is 6. The molecule has 0 aliphatic heterocycles. The monoisotopic (exact) mass is 1170 g/mol. The van der Waals surface area contributed by atoms with Gasteiger partial charge < -0.3 is 22.3 Å². The van der Waals surface area contributed by atoms with E-state index in [-0.39, 0.29) is 67.9 Å². The Morgan fingerprint density at radius 1 is 0.414 bits per heavy atom. The number of nitrogens with two attached hydrogens (primary N) is 2. The molecule has 10 heteroatoms. The third kappa shape index (κ3) is 27.3. The first-order valence-electron chi connectivity index (χ1n) is 30.3. The molecule has 0 saturated carbocycles. The highest BCUT2D eigenvalue weighted by Gasteiger charge is 2.25. The number of nitrogens with one attached hydrogen (secondary N) is 4. The van der Waals surface area contributed by atoms with Crippen molar-refractivity contribution in [2.45, 2.75) is 179 Å². The lowest BCUT2D eigenvalue weighted by molar-refractivity contribution is -0.118. The Hall–Kier alpha value is -8.24. The smallest absolute Gasteiger partial charge is 0.168 e. The minimum atomic E-state index is -0.0709. The van der Waals surface area contributed by atoms with E-state index in [1.165, 1.54) is 75.8 Å². The van der Waals surface area contributed by atoms with Crippen molar-refractivity contribution in [3.8, 4) is 0 Å². The van der Waals surface area contributed by atoms with Crippen LogP contribution < -0.4 is 11.5 Å². The molecule has 0 fully saturated rings. The second-order valence-corrected chi connectivity index (χ2v) is 25.9. The van der Waals surface area contributed by atoms with Gasteiger partial charge in [-0.25, -0.2) is 0 Å². The minimum Gasteiger partial charge on any atom is -0.387 e. The molecular weight excluding hydrogens is 1070 g/mol. The number of carbonyl (C=O) groups is 4. The summed E-state index contributed by atoms with van der Waals surface area (Å²) in [6.45, 7) is 21.3. The lowest BCUT2D eigenvalue weighted by Gasteiger charge is -2.30. The number of Topliss-reactive ketones (excluding diaryl/α,β-unsaturated/α-hetero) is 4. The van der Waals surface area contributed by atoms with Crippen LogP contribution in [-0.2, 0) is 22.4 Å². The van der Waals surface area contributed by atoms with Gasteiger partial charge in [-0.05, 0) is 172 Å². The number of hydrogen-bond acceptors (Lipinski definition) is 8. The van der Waals surface area contributed by atoms with E-state index in [0.717, 1.165) is 66.3 Å². The summed E-state index contributed by atoms with van der Waals surface area (Å²) in [4.78, 5) is 47.1. The van der Waals surface area contributed by atoms with Gasteiger partial charge in [-0.15, -0.1) is 0 Å². The van der Waals surface area contributed by atoms with Crippen molar-refractivity contribution in [3.63, 3.8) is 0 Å². The topological polar surface area (TPSA) is 216 Å². The molecule has 0 bridgehead atoms. The molecule has 4 aromatic rings. The second-order valence-electron chi connectivity index (χ2n) is 25.9. The lowest BCUT2D eigenvalue weighted by atomic mass is 9.75. The Kier molecular flexibility index (Phi) is 28.0. The Labute approximate surface area is 520 Å². The first-order chi connectivity index (χ1) is 40.5. The van der Waals surface area contributed by atoms with E-state index in [1.807, 2.05) is 97.1 Å². The standard InChI is InChI=1S/C20H26N2O.C20H25NO.C18H22N2O.C18H21NO.CH4/c1-14-8-17(13-20(2,3)12-14)9-15-4-6-16(7-5-15)10-18(23)11-19(21)22;1-14-9-17(13-20(3,4)12-14)11-16-5-7-18(8-6-16)19(22)10-15(2)21;1-13-3-2-4-16(9-13)10-14-5-7-15(8-6-14)11-17(21)12-18(19)20;1-13-4-3-5-16(10-13)12-15-6-8-17(9-7-15)18(20)11-14(2)19;/h4-9H,10-13H2,1-3H3,(H3,21,22);5-9,11,21H,10,12-13H2,1-4H3;5-10H,2-4,11-12H2,1H3,(H3,19,20);6-10,12,19H,3-5,11H2,1-2H3;1H4/b17-9-;17-11+,21-15?;16-10+;16-12-,19-14?;. The number of ketones is 4. The van der Waals surface area contributed by atoms with Crippen molar-refractivity contribution < 1.29 is 19.2 Å². The van der Waals surface area contributed by atoms with Crippen LogP contribution in [0.5, 0.6) is 0 Å². The molecule has 0 amide bonds. The third-order valence-electron chi connectivity index (χ3n) is 14.9. The van der Waals surface area contributed by atoms with Gasteiger partial charge in [0.2, 0.25) is 0 Å². The molecule has 0 aromatic heterocycles. The molecule has 10 nitrogen and oxygen atoms in total. The largest absolute Gasteiger partial charge is 0.387 e. The van der Waals surface area contributed by atoms with Crippen LogP contribution in [0.15, 0.2) is 166 Å². The van der Waals surface area contributed by atoms with Crippen LogP contribution in [0, 0.1) is 32.5 Å². The zero-order chi connectivity index (χ0) is 63.1. The van der Waals surface area contributed by atoms with Gasteiger partial charge in [0, 0.05) is 48.2 Å². The van der Waals surface area contributed by atoms with E-state index in [1.54, 1.807) is 13.8 Å². The van der Waals surface area contributed by atoms with Crippen LogP contribution in [0.2, 0.25) is 0 Å². The zero-order valence-electron chi connectivity index (χ0n) is 53.0. The molecule has 0 atom stereocenters. The SMILES string of the molecule is C.CC(=N)CC(=O)c1ccc(/C=C2\C=C(C)CC(C)(C)C2)cc1.CC(=N)CC(=O)c1ccc(/C=C2\C=C(C)CCC2)cc1.CC1=C/C(=C/c2ccc(CC(=O)CC(=N)N)cc2)CC(C)(C)C1.CC1=C/C(=C/c2ccc(CC(=O)CC(=N)N)cc2)CCC1. The number of amidine groups is 2. The summed E-state index contributed by atoms with van der Waals surface area (Å²) in [5.74, 6) is -0.138. The van der Waals surface area contributed by atoms with Gasteiger partial charge in [0.15, 0.2) is 11.6 Å². The molecular formula is C77H98N6O4. The summed E-state index contributed by atoms with van der Waals surface area (Å²) >= 11 is 0.